The van der Waals surface area contributed by atoms with E-state index in [1.807, 2.05) is 33.9 Å². The molecule has 0 aliphatic rings. The van der Waals surface area contributed by atoms with Crippen molar-refractivity contribution in [2.24, 2.45) is 11.8 Å². The Morgan fingerprint density at radius 3 is 1.87 bits per heavy atom. The molecule has 0 bridgehead atoms. The fraction of sp³-hybridized carbons (Fsp3) is 0.810. The molecule has 0 amide bonds. The van der Waals surface area contributed by atoms with Crippen molar-refractivity contribution in [1.29, 1.82) is 0 Å². The van der Waals surface area contributed by atoms with Gasteiger partial charge in [-0.25, -0.2) is 4.68 Å². The molecule has 30 heavy (non-hydrogen) atoms. The van der Waals surface area contributed by atoms with Crippen LogP contribution in [-0.4, -0.2) is 72.8 Å². The summed E-state index contributed by atoms with van der Waals surface area (Å²) in [5, 5.41) is 8.08. The molecule has 0 aliphatic carbocycles. The number of hydrogen-bond acceptors (Lipinski definition) is 8. The number of aromatic nitrogens is 3. The molecule has 0 atom stereocenters. The first-order valence-corrected chi connectivity index (χ1v) is 10.7. The monoisotopic (exact) mass is 427 g/mol. The maximum Gasteiger partial charge on any atom is 0.137 e. The second-order valence-corrected chi connectivity index (χ2v) is 7.60. The lowest BCUT2D eigenvalue weighted by molar-refractivity contribution is -0.123. The molecule has 0 unspecified atom stereocenters. The lowest BCUT2D eigenvalue weighted by Gasteiger charge is -2.07. The summed E-state index contributed by atoms with van der Waals surface area (Å²) in [6.45, 7) is 11.7. The lowest BCUT2D eigenvalue weighted by Crippen LogP contribution is -2.13. The highest BCUT2D eigenvalue weighted by Crippen LogP contribution is 2.00. The van der Waals surface area contributed by atoms with E-state index in [4.69, 9.17) is 18.9 Å². The molecule has 9 nitrogen and oxygen atoms in total. The summed E-state index contributed by atoms with van der Waals surface area (Å²) < 4.78 is 23.5. The summed E-state index contributed by atoms with van der Waals surface area (Å²) in [4.78, 5) is 22.9. The molecular weight excluding hydrogens is 390 g/mol. The van der Waals surface area contributed by atoms with E-state index in [2.05, 4.69) is 10.3 Å². The third kappa shape index (κ3) is 12.8. The Balaban J connectivity index is 1.95. The van der Waals surface area contributed by atoms with Gasteiger partial charge in [0.25, 0.3) is 0 Å². The molecule has 1 aromatic heterocycles. The second kappa shape index (κ2) is 16.1. The van der Waals surface area contributed by atoms with Crippen LogP contribution < -0.4 is 0 Å². The number of rotatable bonds is 19. The predicted molar refractivity (Wildman–Crippen MR) is 111 cm³/mol. The van der Waals surface area contributed by atoms with Crippen LogP contribution in [0, 0.1) is 11.8 Å². The first-order chi connectivity index (χ1) is 14.4. The number of carbonyl (C=O) groups excluding carboxylic acids is 2. The minimum Gasteiger partial charge on any atom is -0.379 e. The Bertz CT molecular complexity index is 603. The van der Waals surface area contributed by atoms with Crippen molar-refractivity contribution in [2.45, 2.75) is 53.7 Å². The normalized spacial score (nSPS) is 11.5. The van der Waals surface area contributed by atoms with E-state index >= 15 is 0 Å². The minimum absolute atomic E-state index is 0.0525. The van der Waals surface area contributed by atoms with Gasteiger partial charge in [-0.1, -0.05) is 32.9 Å². The molecule has 0 aliphatic heterocycles. The number of Topliss-reactive ketones (excluding diaryl/α,β-unsaturated/α-hetero) is 2. The largest absolute Gasteiger partial charge is 0.379 e. The third-order valence-electron chi connectivity index (χ3n) is 4.32. The van der Waals surface area contributed by atoms with Crippen LogP contribution in [0.4, 0.5) is 0 Å². The number of nitrogens with zero attached hydrogens (tertiary/aromatic N) is 3. The molecule has 0 fully saturated rings. The molecule has 1 heterocycles. The minimum atomic E-state index is 0.0525. The number of ketones is 2. The van der Waals surface area contributed by atoms with Crippen LogP contribution in [0.15, 0.2) is 6.20 Å². The van der Waals surface area contributed by atoms with Gasteiger partial charge in [0.2, 0.25) is 0 Å². The summed E-state index contributed by atoms with van der Waals surface area (Å²) in [6, 6.07) is 0. The second-order valence-electron chi connectivity index (χ2n) is 7.60. The highest BCUT2D eigenvalue weighted by molar-refractivity contribution is 5.80. The average molecular weight is 428 g/mol. The summed E-state index contributed by atoms with van der Waals surface area (Å²) in [5.74, 6) is 0.539. The van der Waals surface area contributed by atoms with E-state index in [1.54, 1.807) is 4.68 Å². The first-order valence-electron chi connectivity index (χ1n) is 10.7. The van der Waals surface area contributed by atoms with E-state index in [9.17, 15) is 9.59 Å². The maximum absolute atomic E-state index is 11.5. The van der Waals surface area contributed by atoms with Gasteiger partial charge in [0.05, 0.1) is 65.6 Å². The van der Waals surface area contributed by atoms with Gasteiger partial charge in [-0.3, -0.25) is 9.59 Å². The predicted octanol–water partition coefficient (Wildman–Crippen LogP) is 2.07. The molecule has 172 valence electrons. The van der Waals surface area contributed by atoms with Crippen LogP contribution in [0.2, 0.25) is 0 Å². The van der Waals surface area contributed by atoms with Crippen LogP contribution in [0.5, 0.6) is 0 Å². The molecule has 9 heteroatoms. The lowest BCUT2D eigenvalue weighted by atomic mass is 10.1. The molecule has 0 aromatic carbocycles. The maximum atomic E-state index is 11.5. The van der Waals surface area contributed by atoms with Crippen molar-refractivity contribution in [2.75, 3.05) is 46.2 Å². The van der Waals surface area contributed by atoms with Gasteiger partial charge in [-0.2, -0.15) is 0 Å². The molecule has 0 saturated heterocycles. The number of hydrogen-bond donors (Lipinski definition) is 0. The van der Waals surface area contributed by atoms with Gasteiger partial charge >= 0.3 is 0 Å². The number of carbonyl (C=O) groups is 2. The topological polar surface area (TPSA) is 102 Å². The van der Waals surface area contributed by atoms with Gasteiger partial charge in [0, 0.05) is 24.7 Å². The van der Waals surface area contributed by atoms with Gasteiger partial charge in [-0.05, 0) is 0 Å². The molecule has 1 aromatic rings. The van der Waals surface area contributed by atoms with Crippen molar-refractivity contribution in [1.82, 2.24) is 15.0 Å². The summed E-state index contributed by atoms with van der Waals surface area (Å²) in [6.07, 6.45) is 2.71. The van der Waals surface area contributed by atoms with Gasteiger partial charge in [0.1, 0.15) is 17.3 Å². The molecule has 0 saturated carbocycles. The fourth-order valence-corrected chi connectivity index (χ4v) is 2.31. The zero-order valence-electron chi connectivity index (χ0n) is 18.8. The van der Waals surface area contributed by atoms with Crippen molar-refractivity contribution < 1.29 is 28.5 Å². The third-order valence-corrected chi connectivity index (χ3v) is 4.32. The van der Waals surface area contributed by atoms with Gasteiger partial charge in [0.15, 0.2) is 0 Å². The Hall–Kier alpha value is -1.68. The van der Waals surface area contributed by atoms with E-state index < -0.39 is 0 Å². The Morgan fingerprint density at radius 2 is 1.30 bits per heavy atom. The molecular formula is C21H37N3O6. The Labute approximate surface area is 179 Å². The van der Waals surface area contributed by atoms with Gasteiger partial charge < -0.3 is 18.9 Å². The van der Waals surface area contributed by atoms with Crippen molar-refractivity contribution in [3.05, 3.63) is 11.9 Å². The average Bonchev–Trinajstić information content (AvgIpc) is 3.16. The van der Waals surface area contributed by atoms with Crippen molar-refractivity contribution in [3.63, 3.8) is 0 Å². The standard InChI is InChI=1S/C21H37N3O6/c1-17(2)20(25)5-8-27-10-7-24-15-19(22-23-24)16-30-14-13-29-12-11-28-9-6-21(26)18(3)4/h15,17-18H,5-14,16H2,1-4H3. The quantitative estimate of drug-likeness (QED) is 0.309. The van der Waals surface area contributed by atoms with Crippen LogP contribution >= 0.6 is 0 Å². The Morgan fingerprint density at radius 1 is 0.800 bits per heavy atom. The van der Waals surface area contributed by atoms with E-state index in [0.717, 1.165) is 5.69 Å². The van der Waals surface area contributed by atoms with Crippen LogP contribution in [0.3, 0.4) is 0 Å². The number of ether oxygens (including phenoxy) is 4. The zero-order chi connectivity index (χ0) is 22.2. The zero-order valence-corrected chi connectivity index (χ0v) is 18.8. The van der Waals surface area contributed by atoms with Crippen LogP contribution in [0.1, 0.15) is 46.2 Å². The highest BCUT2D eigenvalue weighted by atomic mass is 16.5. The molecule has 1 rings (SSSR count). The summed E-state index contributed by atoms with van der Waals surface area (Å²) in [5.41, 5.74) is 0.739. The van der Waals surface area contributed by atoms with Crippen molar-refractivity contribution in [3.8, 4) is 0 Å². The van der Waals surface area contributed by atoms with E-state index in [0.29, 0.717) is 72.2 Å². The SMILES string of the molecule is CC(C)C(=O)CCOCCOCCOCc1cn(CCOCCC(=O)C(C)C)nn1. The highest BCUT2D eigenvalue weighted by Gasteiger charge is 2.07. The summed E-state index contributed by atoms with van der Waals surface area (Å²) in [7, 11) is 0. The van der Waals surface area contributed by atoms with E-state index in [1.165, 1.54) is 0 Å². The first kappa shape index (κ1) is 26.4. The molecule has 0 radical (unpaired) electrons. The van der Waals surface area contributed by atoms with Gasteiger partial charge in [-0.15, -0.1) is 5.10 Å². The smallest absolute Gasteiger partial charge is 0.137 e. The van der Waals surface area contributed by atoms with Crippen molar-refractivity contribution >= 4 is 11.6 Å². The van der Waals surface area contributed by atoms with Crippen LogP contribution in [0.25, 0.3) is 0 Å². The van der Waals surface area contributed by atoms with Crippen LogP contribution in [-0.2, 0) is 41.7 Å². The Kier molecular flexibility index (Phi) is 14.1. The molecule has 0 spiro atoms. The fourth-order valence-electron chi connectivity index (χ4n) is 2.31. The summed E-state index contributed by atoms with van der Waals surface area (Å²) >= 11 is 0. The molecule has 0 N–H and O–H groups in total. The van der Waals surface area contributed by atoms with E-state index in [-0.39, 0.29) is 23.4 Å².